The number of aryl methyl sites for hydroxylation is 1. The smallest absolute Gasteiger partial charge is 0.224 e. The Morgan fingerprint density at radius 2 is 1.96 bits per heavy atom. The van der Waals surface area contributed by atoms with Gasteiger partial charge >= 0.3 is 0 Å². The van der Waals surface area contributed by atoms with Crippen LogP contribution in [0.2, 0.25) is 0 Å². The third-order valence-electron chi connectivity index (χ3n) is 4.54. The molecule has 3 aromatic rings. The minimum Gasteiger partial charge on any atom is -0.496 e. The van der Waals surface area contributed by atoms with E-state index >= 15 is 0 Å². The van der Waals surface area contributed by atoms with E-state index in [9.17, 15) is 9.59 Å². The SMILES string of the molecule is COc1ccc(C(C)=O)cc1CC(=O)NCCn1c(C)nc2ccccc21. The number of nitrogens with zero attached hydrogens (tertiary/aromatic N) is 2. The Labute approximate surface area is 158 Å². The second-order valence-electron chi connectivity index (χ2n) is 6.41. The van der Waals surface area contributed by atoms with Gasteiger partial charge in [-0.2, -0.15) is 0 Å². The first-order chi connectivity index (χ1) is 13.0. The van der Waals surface area contributed by atoms with Crippen molar-refractivity contribution in [2.45, 2.75) is 26.8 Å². The van der Waals surface area contributed by atoms with Gasteiger partial charge in [0.25, 0.3) is 0 Å². The van der Waals surface area contributed by atoms with Gasteiger partial charge in [0.15, 0.2) is 5.78 Å². The maximum atomic E-state index is 12.4. The highest BCUT2D eigenvalue weighted by Gasteiger charge is 2.12. The molecule has 3 rings (SSSR count). The van der Waals surface area contributed by atoms with Gasteiger partial charge in [-0.25, -0.2) is 4.98 Å². The summed E-state index contributed by atoms with van der Waals surface area (Å²) >= 11 is 0. The van der Waals surface area contributed by atoms with Crippen LogP contribution in [-0.4, -0.2) is 34.9 Å². The number of rotatable bonds is 7. The van der Waals surface area contributed by atoms with Gasteiger partial charge in [-0.3, -0.25) is 9.59 Å². The predicted molar refractivity (Wildman–Crippen MR) is 104 cm³/mol. The Kier molecular flexibility index (Phi) is 5.54. The summed E-state index contributed by atoms with van der Waals surface area (Å²) in [6.45, 7) is 4.60. The first-order valence-corrected chi connectivity index (χ1v) is 8.86. The van der Waals surface area contributed by atoms with Crippen molar-refractivity contribution in [1.29, 1.82) is 0 Å². The van der Waals surface area contributed by atoms with Crippen LogP contribution >= 0.6 is 0 Å². The third kappa shape index (κ3) is 4.16. The Hall–Kier alpha value is -3.15. The van der Waals surface area contributed by atoms with Gasteiger partial charge < -0.3 is 14.6 Å². The topological polar surface area (TPSA) is 73.2 Å². The number of carbonyl (C=O) groups is 2. The Bertz CT molecular complexity index is 992. The summed E-state index contributed by atoms with van der Waals surface area (Å²) in [4.78, 5) is 28.5. The summed E-state index contributed by atoms with van der Waals surface area (Å²) in [5.74, 6) is 1.37. The lowest BCUT2D eigenvalue weighted by Gasteiger charge is -2.11. The number of fused-ring (bicyclic) bond motifs is 1. The summed E-state index contributed by atoms with van der Waals surface area (Å²) < 4.78 is 7.39. The van der Waals surface area contributed by atoms with Gasteiger partial charge in [-0.1, -0.05) is 12.1 Å². The molecule has 0 atom stereocenters. The van der Waals surface area contributed by atoms with E-state index in [1.54, 1.807) is 25.3 Å². The number of hydrogen-bond donors (Lipinski definition) is 1. The van der Waals surface area contributed by atoms with Crippen LogP contribution in [0.3, 0.4) is 0 Å². The van der Waals surface area contributed by atoms with Gasteiger partial charge in [0.05, 0.1) is 24.6 Å². The summed E-state index contributed by atoms with van der Waals surface area (Å²) in [6, 6.07) is 13.1. The molecule has 0 saturated carbocycles. The van der Waals surface area contributed by atoms with Crippen LogP contribution in [0, 0.1) is 6.92 Å². The van der Waals surface area contributed by atoms with E-state index < -0.39 is 0 Å². The molecule has 6 nitrogen and oxygen atoms in total. The normalized spacial score (nSPS) is 10.8. The van der Waals surface area contributed by atoms with E-state index in [-0.39, 0.29) is 18.1 Å². The zero-order chi connectivity index (χ0) is 19.4. The van der Waals surface area contributed by atoms with Crippen molar-refractivity contribution in [3.63, 3.8) is 0 Å². The predicted octanol–water partition coefficient (Wildman–Crippen LogP) is 2.91. The molecule has 0 fully saturated rings. The maximum Gasteiger partial charge on any atom is 0.224 e. The summed E-state index contributed by atoms with van der Waals surface area (Å²) in [5.41, 5.74) is 3.28. The molecular weight excluding hydrogens is 342 g/mol. The summed E-state index contributed by atoms with van der Waals surface area (Å²) in [6.07, 6.45) is 0.161. The minimum atomic E-state index is -0.115. The van der Waals surface area contributed by atoms with E-state index in [4.69, 9.17) is 4.74 Å². The van der Waals surface area contributed by atoms with Crippen LogP contribution in [0.25, 0.3) is 11.0 Å². The fourth-order valence-electron chi connectivity index (χ4n) is 3.16. The van der Waals surface area contributed by atoms with Crippen LogP contribution < -0.4 is 10.1 Å². The van der Waals surface area contributed by atoms with Crippen molar-refractivity contribution in [2.24, 2.45) is 0 Å². The number of carbonyl (C=O) groups excluding carboxylic acids is 2. The molecule has 140 valence electrons. The number of aromatic nitrogens is 2. The third-order valence-corrected chi connectivity index (χ3v) is 4.54. The molecule has 1 aromatic heterocycles. The largest absolute Gasteiger partial charge is 0.496 e. The molecule has 0 bridgehead atoms. The second kappa shape index (κ2) is 8.03. The summed E-state index contributed by atoms with van der Waals surface area (Å²) in [5, 5.41) is 2.93. The molecule has 27 heavy (non-hydrogen) atoms. The number of ether oxygens (including phenoxy) is 1. The van der Waals surface area contributed by atoms with Crippen molar-refractivity contribution >= 4 is 22.7 Å². The zero-order valence-electron chi connectivity index (χ0n) is 15.8. The Morgan fingerprint density at radius 1 is 1.19 bits per heavy atom. The highest BCUT2D eigenvalue weighted by Crippen LogP contribution is 2.21. The lowest BCUT2D eigenvalue weighted by atomic mass is 10.0. The number of amides is 1. The van der Waals surface area contributed by atoms with Gasteiger partial charge in [0.1, 0.15) is 11.6 Å². The fraction of sp³-hybridized carbons (Fsp3) is 0.286. The number of imidazole rings is 1. The molecule has 0 unspecified atom stereocenters. The van der Waals surface area contributed by atoms with Crippen molar-refractivity contribution in [2.75, 3.05) is 13.7 Å². The van der Waals surface area contributed by atoms with Gasteiger partial charge in [-0.05, 0) is 44.2 Å². The lowest BCUT2D eigenvalue weighted by Crippen LogP contribution is -2.29. The highest BCUT2D eigenvalue weighted by atomic mass is 16.5. The van der Waals surface area contributed by atoms with Gasteiger partial charge in [0, 0.05) is 24.2 Å². The Balaban J connectivity index is 1.64. The number of benzene rings is 2. The van der Waals surface area contributed by atoms with Crippen LogP contribution in [0.15, 0.2) is 42.5 Å². The first kappa shape index (κ1) is 18.6. The molecule has 0 aliphatic heterocycles. The van der Waals surface area contributed by atoms with Crippen LogP contribution in [0.1, 0.15) is 28.7 Å². The molecule has 0 aliphatic carbocycles. The molecule has 0 aliphatic rings. The molecule has 2 aromatic carbocycles. The molecule has 0 saturated heterocycles. The van der Waals surface area contributed by atoms with Crippen molar-refractivity contribution in [3.8, 4) is 5.75 Å². The number of Topliss-reactive ketones (excluding diaryl/α,β-unsaturated/α-hetero) is 1. The van der Waals surface area contributed by atoms with Crippen molar-refractivity contribution in [3.05, 3.63) is 59.4 Å². The van der Waals surface area contributed by atoms with Gasteiger partial charge in [0.2, 0.25) is 5.91 Å². The maximum absolute atomic E-state index is 12.4. The number of nitrogens with one attached hydrogen (secondary N) is 1. The molecular formula is C21H23N3O3. The fourth-order valence-corrected chi connectivity index (χ4v) is 3.16. The number of para-hydroxylation sites is 2. The zero-order valence-corrected chi connectivity index (χ0v) is 15.8. The monoisotopic (exact) mass is 365 g/mol. The van der Waals surface area contributed by atoms with Crippen molar-refractivity contribution in [1.82, 2.24) is 14.9 Å². The molecule has 1 N–H and O–H groups in total. The minimum absolute atomic E-state index is 0.0400. The average molecular weight is 365 g/mol. The molecule has 1 heterocycles. The first-order valence-electron chi connectivity index (χ1n) is 8.86. The number of ketones is 1. The quantitative estimate of drug-likeness (QED) is 0.654. The molecule has 0 spiro atoms. The number of hydrogen-bond acceptors (Lipinski definition) is 4. The van der Waals surface area contributed by atoms with Crippen molar-refractivity contribution < 1.29 is 14.3 Å². The standard InChI is InChI=1S/C21H23N3O3/c1-14(25)16-8-9-20(27-3)17(12-16)13-21(26)22-10-11-24-15(2)23-18-6-4-5-7-19(18)24/h4-9,12H,10-11,13H2,1-3H3,(H,22,26). The van der Waals surface area contributed by atoms with E-state index in [2.05, 4.69) is 14.9 Å². The highest BCUT2D eigenvalue weighted by molar-refractivity contribution is 5.94. The van der Waals surface area contributed by atoms with Crippen LogP contribution in [0.4, 0.5) is 0 Å². The van der Waals surface area contributed by atoms with E-state index in [0.29, 0.717) is 30.0 Å². The Morgan fingerprint density at radius 3 is 2.70 bits per heavy atom. The van der Waals surface area contributed by atoms with Crippen LogP contribution in [-0.2, 0) is 17.8 Å². The van der Waals surface area contributed by atoms with Crippen LogP contribution in [0.5, 0.6) is 5.75 Å². The average Bonchev–Trinajstić information content (AvgIpc) is 2.97. The van der Waals surface area contributed by atoms with Gasteiger partial charge in [-0.15, -0.1) is 0 Å². The molecule has 0 radical (unpaired) electrons. The molecule has 1 amide bonds. The summed E-state index contributed by atoms with van der Waals surface area (Å²) in [7, 11) is 1.55. The lowest BCUT2D eigenvalue weighted by molar-refractivity contribution is -0.120. The second-order valence-corrected chi connectivity index (χ2v) is 6.41. The molecule has 6 heteroatoms. The number of methoxy groups -OCH3 is 1. The van der Waals surface area contributed by atoms with E-state index in [1.807, 2.05) is 31.2 Å². The van der Waals surface area contributed by atoms with E-state index in [1.165, 1.54) is 6.92 Å². The van der Waals surface area contributed by atoms with E-state index in [0.717, 1.165) is 16.9 Å².